The Labute approximate surface area is 515 Å². The number of allylic oxidation sites excluding steroid dienone is 14. The van der Waals surface area contributed by atoms with E-state index in [1.54, 1.807) is 0 Å². The molecule has 0 bridgehead atoms. The second kappa shape index (κ2) is 71.1. The first-order valence-corrected chi connectivity index (χ1v) is 36.1. The molecule has 83 heavy (non-hydrogen) atoms. The minimum absolute atomic E-state index is 0.0787. The van der Waals surface area contributed by atoms with Crippen molar-refractivity contribution in [3.8, 4) is 0 Å². The molecule has 0 spiro atoms. The van der Waals surface area contributed by atoms with Crippen molar-refractivity contribution in [1.82, 2.24) is 0 Å². The molecule has 0 heterocycles. The quantitative estimate of drug-likeness (QED) is 0.0261. The minimum Gasteiger partial charge on any atom is -0.462 e. The average molecular weight is 1160 g/mol. The van der Waals surface area contributed by atoms with Gasteiger partial charge in [0, 0.05) is 19.3 Å². The Hall–Kier alpha value is -3.41. The van der Waals surface area contributed by atoms with E-state index in [1.165, 1.54) is 218 Å². The van der Waals surface area contributed by atoms with Gasteiger partial charge >= 0.3 is 17.9 Å². The number of carbonyl (C=O) groups excluding carboxylic acids is 3. The molecule has 6 nitrogen and oxygen atoms in total. The van der Waals surface area contributed by atoms with Gasteiger partial charge in [-0.1, -0.05) is 324 Å². The van der Waals surface area contributed by atoms with Crippen molar-refractivity contribution in [3.63, 3.8) is 0 Å². The summed E-state index contributed by atoms with van der Waals surface area (Å²) in [5.41, 5.74) is 0. The summed E-state index contributed by atoms with van der Waals surface area (Å²) in [6.07, 6.45) is 94.8. The molecule has 0 aliphatic heterocycles. The Morgan fingerprint density at radius 3 is 0.795 bits per heavy atom. The van der Waals surface area contributed by atoms with Crippen LogP contribution in [-0.4, -0.2) is 37.2 Å². The Morgan fingerprint density at radius 2 is 0.494 bits per heavy atom. The number of rotatable bonds is 66. The lowest BCUT2D eigenvalue weighted by Gasteiger charge is -2.18. The van der Waals surface area contributed by atoms with Crippen molar-refractivity contribution in [1.29, 1.82) is 0 Å². The zero-order valence-corrected chi connectivity index (χ0v) is 55.2. The summed E-state index contributed by atoms with van der Waals surface area (Å²) >= 11 is 0. The highest BCUT2D eigenvalue weighted by atomic mass is 16.6. The van der Waals surface area contributed by atoms with E-state index >= 15 is 0 Å². The number of hydrogen-bond donors (Lipinski definition) is 0. The Balaban J connectivity index is 4.24. The smallest absolute Gasteiger partial charge is 0.306 e. The molecule has 0 radical (unpaired) electrons. The standard InChI is InChI=1S/C77H136O6/c1-4-7-10-13-16-19-22-25-27-29-31-33-35-37-38-40-41-43-45-47-49-52-55-58-61-64-67-70-76(79)82-73-74(72-81-75(78)69-66-63-60-57-54-51-24-21-18-15-12-9-6-3)83-77(80)71-68-65-62-59-56-53-50-48-46-44-42-39-36-34-32-30-28-26-23-20-17-14-11-8-5-2/h8,11-12,15,17,20-21,24,26,28-29,31-32,34,74H,4-7,9-10,13-14,16,18-19,22-23,25,27,30,33,35-73H2,1-3H3/b11-8-,15-12-,20-17-,24-21-,28-26-,31-29-,34-32-. The van der Waals surface area contributed by atoms with Crippen LogP contribution in [0.4, 0.5) is 0 Å². The van der Waals surface area contributed by atoms with E-state index in [9.17, 15) is 14.4 Å². The van der Waals surface area contributed by atoms with E-state index in [0.717, 1.165) is 109 Å². The molecule has 0 aliphatic carbocycles. The lowest BCUT2D eigenvalue weighted by atomic mass is 10.0. The summed E-state index contributed by atoms with van der Waals surface area (Å²) in [7, 11) is 0. The molecule has 6 heteroatoms. The van der Waals surface area contributed by atoms with E-state index in [1.807, 2.05) is 0 Å². The fourth-order valence-corrected chi connectivity index (χ4v) is 10.5. The van der Waals surface area contributed by atoms with Crippen LogP contribution in [0.1, 0.15) is 367 Å². The lowest BCUT2D eigenvalue weighted by Crippen LogP contribution is -2.30. The number of ether oxygens (including phenoxy) is 3. The first kappa shape index (κ1) is 79.6. The van der Waals surface area contributed by atoms with Crippen molar-refractivity contribution < 1.29 is 28.6 Å². The van der Waals surface area contributed by atoms with Crippen LogP contribution in [0.15, 0.2) is 85.1 Å². The number of unbranched alkanes of at least 4 members (excludes halogenated alkanes) is 41. The van der Waals surface area contributed by atoms with Gasteiger partial charge in [-0.2, -0.15) is 0 Å². The SMILES string of the molecule is CC/C=C\C/C=C\C/C=C\C/C=C\CCCCCCCCCCCCCCC(=O)OC(COC(=O)CCCCCCC/C=C\C/C=C\CCC)COC(=O)CCCCCCCCCCCCCCCCC/C=C\CCCCCCCCCC. The topological polar surface area (TPSA) is 78.9 Å². The predicted octanol–water partition coefficient (Wildman–Crippen LogP) is 25.0. The first-order valence-electron chi connectivity index (χ1n) is 36.1. The van der Waals surface area contributed by atoms with Crippen molar-refractivity contribution >= 4 is 17.9 Å². The van der Waals surface area contributed by atoms with Crippen LogP contribution in [0.5, 0.6) is 0 Å². The number of esters is 3. The third-order valence-corrected chi connectivity index (χ3v) is 15.8. The van der Waals surface area contributed by atoms with E-state index in [0.29, 0.717) is 19.3 Å². The zero-order valence-electron chi connectivity index (χ0n) is 55.2. The van der Waals surface area contributed by atoms with Crippen molar-refractivity contribution in [2.75, 3.05) is 13.2 Å². The van der Waals surface area contributed by atoms with Gasteiger partial charge in [0.25, 0.3) is 0 Å². The molecule has 0 aliphatic rings. The molecule has 0 saturated carbocycles. The fraction of sp³-hybridized carbons (Fsp3) is 0.779. The summed E-state index contributed by atoms with van der Waals surface area (Å²) < 4.78 is 17.0. The van der Waals surface area contributed by atoms with Gasteiger partial charge in [0.05, 0.1) is 0 Å². The maximum Gasteiger partial charge on any atom is 0.306 e. The fourth-order valence-electron chi connectivity index (χ4n) is 10.5. The molecule has 1 unspecified atom stereocenters. The van der Waals surface area contributed by atoms with Crippen LogP contribution >= 0.6 is 0 Å². The van der Waals surface area contributed by atoms with Crippen molar-refractivity contribution in [2.24, 2.45) is 0 Å². The normalized spacial score (nSPS) is 12.6. The van der Waals surface area contributed by atoms with E-state index < -0.39 is 6.10 Å². The molecule has 0 aromatic rings. The van der Waals surface area contributed by atoms with Crippen LogP contribution in [0, 0.1) is 0 Å². The third kappa shape index (κ3) is 69.3. The van der Waals surface area contributed by atoms with E-state index in [2.05, 4.69) is 106 Å². The van der Waals surface area contributed by atoms with Crippen molar-refractivity contribution in [2.45, 2.75) is 374 Å². The summed E-state index contributed by atoms with van der Waals surface area (Å²) in [6.45, 7) is 6.50. The molecule has 0 rings (SSSR count). The molecule has 480 valence electrons. The monoisotopic (exact) mass is 1160 g/mol. The van der Waals surface area contributed by atoms with Gasteiger partial charge in [-0.05, 0) is 109 Å². The summed E-state index contributed by atoms with van der Waals surface area (Å²) in [5, 5.41) is 0. The molecule has 0 amide bonds. The van der Waals surface area contributed by atoms with Crippen LogP contribution in [0.25, 0.3) is 0 Å². The van der Waals surface area contributed by atoms with Gasteiger partial charge in [-0.15, -0.1) is 0 Å². The number of hydrogen-bond acceptors (Lipinski definition) is 6. The van der Waals surface area contributed by atoms with E-state index in [4.69, 9.17) is 14.2 Å². The molecule has 0 aromatic carbocycles. The van der Waals surface area contributed by atoms with Gasteiger partial charge < -0.3 is 14.2 Å². The maximum absolute atomic E-state index is 13.0. The van der Waals surface area contributed by atoms with Gasteiger partial charge in [0.15, 0.2) is 6.10 Å². The summed E-state index contributed by atoms with van der Waals surface area (Å²) in [6, 6.07) is 0. The highest BCUT2D eigenvalue weighted by Crippen LogP contribution is 2.18. The predicted molar refractivity (Wildman–Crippen MR) is 362 cm³/mol. The van der Waals surface area contributed by atoms with Crippen molar-refractivity contribution in [3.05, 3.63) is 85.1 Å². The average Bonchev–Trinajstić information content (AvgIpc) is 3.49. The van der Waals surface area contributed by atoms with Crippen LogP contribution in [0.2, 0.25) is 0 Å². The van der Waals surface area contributed by atoms with Crippen LogP contribution < -0.4 is 0 Å². The second-order valence-electron chi connectivity index (χ2n) is 24.1. The molecule has 0 fully saturated rings. The summed E-state index contributed by atoms with van der Waals surface area (Å²) in [4.78, 5) is 38.4. The van der Waals surface area contributed by atoms with Gasteiger partial charge in [-0.3, -0.25) is 14.4 Å². The Kier molecular flexibility index (Phi) is 68.2. The molecule has 0 N–H and O–H groups in total. The highest BCUT2D eigenvalue weighted by molar-refractivity contribution is 5.71. The lowest BCUT2D eigenvalue weighted by molar-refractivity contribution is -0.167. The second-order valence-corrected chi connectivity index (χ2v) is 24.1. The minimum atomic E-state index is -0.785. The van der Waals surface area contributed by atoms with Gasteiger partial charge in [-0.25, -0.2) is 0 Å². The van der Waals surface area contributed by atoms with Gasteiger partial charge in [0.1, 0.15) is 13.2 Å². The number of carbonyl (C=O) groups is 3. The van der Waals surface area contributed by atoms with Crippen LogP contribution in [0.3, 0.4) is 0 Å². The Bertz CT molecular complexity index is 1570. The zero-order chi connectivity index (χ0) is 59.9. The Morgan fingerprint density at radius 1 is 0.253 bits per heavy atom. The maximum atomic E-state index is 13.0. The molecular weight excluding hydrogens is 1020 g/mol. The molecule has 0 saturated heterocycles. The third-order valence-electron chi connectivity index (χ3n) is 15.8. The van der Waals surface area contributed by atoms with E-state index in [-0.39, 0.29) is 31.1 Å². The summed E-state index contributed by atoms with van der Waals surface area (Å²) in [5.74, 6) is -0.877. The largest absolute Gasteiger partial charge is 0.462 e. The molecular formula is C77H136O6. The molecule has 1 atom stereocenters. The first-order chi connectivity index (χ1) is 41.0. The molecule has 0 aromatic heterocycles. The highest BCUT2D eigenvalue weighted by Gasteiger charge is 2.19. The van der Waals surface area contributed by atoms with Crippen LogP contribution in [-0.2, 0) is 28.6 Å². The van der Waals surface area contributed by atoms with Gasteiger partial charge in [0.2, 0.25) is 0 Å².